The first-order valence-corrected chi connectivity index (χ1v) is 8.17. The van der Waals surface area contributed by atoms with Gasteiger partial charge in [0.15, 0.2) is 0 Å². The highest BCUT2D eigenvalue weighted by Gasteiger charge is 2.32. The van der Waals surface area contributed by atoms with Gasteiger partial charge in [0.1, 0.15) is 0 Å². The summed E-state index contributed by atoms with van der Waals surface area (Å²) < 4.78 is 0. The molecule has 0 radical (unpaired) electrons. The maximum Gasteiger partial charge on any atom is 0.0462 e. The van der Waals surface area contributed by atoms with Crippen LogP contribution in [-0.4, -0.2) is 24.3 Å². The summed E-state index contributed by atoms with van der Waals surface area (Å²) in [7, 11) is 0. The molecule has 20 heavy (non-hydrogen) atoms. The van der Waals surface area contributed by atoms with Crippen molar-refractivity contribution in [2.75, 3.05) is 13.2 Å². The molecule has 3 rings (SSSR count). The maximum absolute atomic E-state index is 9.36. The third-order valence-electron chi connectivity index (χ3n) is 5.41. The Balaban J connectivity index is 1.41. The summed E-state index contributed by atoms with van der Waals surface area (Å²) in [6.07, 6.45) is 6.37. The number of aryl methyl sites for hydroxylation is 1. The van der Waals surface area contributed by atoms with Crippen molar-refractivity contribution < 1.29 is 5.11 Å². The van der Waals surface area contributed by atoms with Gasteiger partial charge in [-0.25, -0.2) is 0 Å². The van der Waals surface area contributed by atoms with Crippen molar-refractivity contribution in [3.8, 4) is 0 Å². The quantitative estimate of drug-likeness (QED) is 0.863. The fourth-order valence-corrected chi connectivity index (χ4v) is 3.84. The second-order valence-electron chi connectivity index (χ2n) is 6.82. The molecule has 0 spiro atoms. The minimum atomic E-state index is 0.378. The van der Waals surface area contributed by atoms with Crippen molar-refractivity contribution in [1.82, 2.24) is 5.32 Å². The maximum atomic E-state index is 9.36. The van der Waals surface area contributed by atoms with Gasteiger partial charge in [-0.2, -0.15) is 0 Å². The Hall–Kier alpha value is -0.860. The molecule has 0 saturated heterocycles. The molecule has 0 heterocycles. The molecular weight excluding hydrogens is 246 g/mol. The van der Waals surface area contributed by atoms with Crippen molar-refractivity contribution >= 4 is 0 Å². The predicted molar refractivity (Wildman–Crippen MR) is 82.9 cm³/mol. The molecule has 2 N–H and O–H groups in total. The average Bonchev–Trinajstić information content (AvgIpc) is 2.86. The van der Waals surface area contributed by atoms with E-state index in [-0.39, 0.29) is 0 Å². The van der Waals surface area contributed by atoms with Crippen LogP contribution in [0.5, 0.6) is 0 Å². The molecule has 110 valence electrons. The summed E-state index contributed by atoms with van der Waals surface area (Å²) in [6.45, 7) is 3.63. The molecule has 1 aromatic carbocycles. The third-order valence-corrected chi connectivity index (χ3v) is 5.41. The smallest absolute Gasteiger partial charge is 0.0462 e. The molecule has 2 unspecified atom stereocenters. The zero-order valence-electron chi connectivity index (χ0n) is 12.5. The van der Waals surface area contributed by atoms with E-state index in [1.165, 1.54) is 43.2 Å². The van der Waals surface area contributed by atoms with Gasteiger partial charge in [-0.15, -0.1) is 0 Å². The van der Waals surface area contributed by atoms with Crippen LogP contribution in [0.1, 0.15) is 49.1 Å². The minimum Gasteiger partial charge on any atom is -0.396 e. The fourth-order valence-electron chi connectivity index (χ4n) is 3.84. The van der Waals surface area contributed by atoms with E-state index in [2.05, 4.69) is 36.5 Å². The van der Waals surface area contributed by atoms with Gasteiger partial charge in [-0.05, 0) is 62.5 Å². The van der Waals surface area contributed by atoms with E-state index in [1.807, 2.05) is 0 Å². The molecule has 2 heteroatoms. The third kappa shape index (κ3) is 3.07. The van der Waals surface area contributed by atoms with Crippen molar-refractivity contribution in [1.29, 1.82) is 0 Å². The van der Waals surface area contributed by atoms with Crippen LogP contribution in [-0.2, 0) is 0 Å². The lowest BCUT2D eigenvalue weighted by Crippen LogP contribution is -2.42. The summed E-state index contributed by atoms with van der Waals surface area (Å²) >= 11 is 0. The lowest BCUT2D eigenvalue weighted by molar-refractivity contribution is 0.182. The summed E-state index contributed by atoms with van der Waals surface area (Å²) in [5, 5.41) is 13.1. The molecule has 0 bridgehead atoms. The van der Waals surface area contributed by atoms with Gasteiger partial charge in [-0.3, -0.25) is 0 Å². The van der Waals surface area contributed by atoms with Crippen LogP contribution in [0.3, 0.4) is 0 Å². The van der Waals surface area contributed by atoms with E-state index >= 15 is 0 Å². The largest absolute Gasteiger partial charge is 0.396 e. The first-order valence-electron chi connectivity index (χ1n) is 8.17. The van der Waals surface area contributed by atoms with Crippen LogP contribution in [0.4, 0.5) is 0 Å². The Morgan fingerprint density at radius 1 is 1.10 bits per heavy atom. The van der Waals surface area contributed by atoms with Gasteiger partial charge in [0.25, 0.3) is 0 Å². The predicted octanol–water partition coefficient (Wildman–Crippen LogP) is 3.24. The molecule has 2 atom stereocenters. The topological polar surface area (TPSA) is 32.3 Å². The lowest BCUT2D eigenvalue weighted by Gasteiger charge is -2.37. The van der Waals surface area contributed by atoms with Crippen LogP contribution in [0.2, 0.25) is 0 Å². The highest BCUT2D eigenvalue weighted by Crippen LogP contribution is 2.37. The first kappa shape index (κ1) is 14.1. The minimum absolute atomic E-state index is 0.378. The number of benzene rings is 1. The Labute approximate surface area is 122 Å². The second kappa shape index (κ2) is 6.28. The standard InChI is InChI=1S/C18H27NO/c1-13-5-7-14(8-6-13)17-9-18(10-17)19-11-15-3-2-4-16(15)12-20/h5-8,15-20H,2-4,9-12H2,1H3. The van der Waals surface area contributed by atoms with Crippen LogP contribution >= 0.6 is 0 Å². The van der Waals surface area contributed by atoms with Gasteiger partial charge in [0, 0.05) is 12.6 Å². The van der Waals surface area contributed by atoms with Gasteiger partial charge >= 0.3 is 0 Å². The van der Waals surface area contributed by atoms with E-state index in [0.29, 0.717) is 24.5 Å². The van der Waals surface area contributed by atoms with Crippen LogP contribution in [0.15, 0.2) is 24.3 Å². The number of rotatable bonds is 5. The molecule has 0 amide bonds. The molecular formula is C18H27NO. The van der Waals surface area contributed by atoms with E-state index in [1.54, 1.807) is 0 Å². The lowest BCUT2D eigenvalue weighted by atomic mass is 9.75. The van der Waals surface area contributed by atoms with Crippen molar-refractivity contribution in [3.05, 3.63) is 35.4 Å². The number of hydrogen-bond acceptors (Lipinski definition) is 2. The van der Waals surface area contributed by atoms with Crippen molar-refractivity contribution in [2.45, 2.75) is 51.0 Å². The van der Waals surface area contributed by atoms with Gasteiger partial charge in [-0.1, -0.05) is 36.2 Å². The highest BCUT2D eigenvalue weighted by atomic mass is 16.3. The second-order valence-corrected chi connectivity index (χ2v) is 6.82. The SMILES string of the molecule is Cc1ccc(C2CC(NCC3CCCC3CO)C2)cc1. The van der Waals surface area contributed by atoms with Gasteiger partial charge in [0.05, 0.1) is 0 Å². The van der Waals surface area contributed by atoms with Crippen molar-refractivity contribution in [2.24, 2.45) is 11.8 Å². The van der Waals surface area contributed by atoms with Gasteiger partial charge < -0.3 is 10.4 Å². The molecule has 2 aliphatic carbocycles. The molecule has 2 nitrogen and oxygen atoms in total. The number of aliphatic hydroxyl groups excluding tert-OH is 1. The molecule has 2 aliphatic rings. The zero-order chi connectivity index (χ0) is 13.9. The molecule has 0 aromatic heterocycles. The van der Waals surface area contributed by atoms with E-state index in [0.717, 1.165) is 12.5 Å². The van der Waals surface area contributed by atoms with Crippen LogP contribution in [0.25, 0.3) is 0 Å². The zero-order valence-corrected chi connectivity index (χ0v) is 12.5. The number of aliphatic hydroxyl groups is 1. The Kier molecular flexibility index (Phi) is 4.42. The fraction of sp³-hybridized carbons (Fsp3) is 0.667. The number of nitrogens with one attached hydrogen (secondary N) is 1. The van der Waals surface area contributed by atoms with E-state index in [9.17, 15) is 5.11 Å². The molecule has 1 aromatic rings. The van der Waals surface area contributed by atoms with Crippen LogP contribution < -0.4 is 5.32 Å². The summed E-state index contributed by atoms with van der Waals surface area (Å²) in [6, 6.07) is 9.71. The number of hydrogen-bond donors (Lipinski definition) is 2. The Morgan fingerprint density at radius 2 is 1.80 bits per heavy atom. The average molecular weight is 273 g/mol. The molecule has 0 aliphatic heterocycles. The Morgan fingerprint density at radius 3 is 2.50 bits per heavy atom. The van der Waals surface area contributed by atoms with Crippen molar-refractivity contribution in [3.63, 3.8) is 0 Å². The molecule has 2 fully saturated rings. The monoisotopic (exact) mass is 273 g/mol. The van der Waals surface area contributed by atoms with E-state index < -0.39 is 0 Å². The summed E-state index contributed by atoms with van der Waals surface area (Å²) in [5.74, 6) is 2.01. The van der Waals surface area contributed by atoms with Gasteiger partial charge in [0.2, 0.25) is 0 Å². The first-order chi connectivity index (χ1) is 9.76. The summed E-state index contributed by atoms with van der Waals surface area (Å²) in [4.78, 5) is 0. The van der Waals surface area contributed by atoms with E-state index in [4.69, 9.17) is 0 Å². The highest BCUT2D eigenvalue weighted by molar-refractivity contribution is 5.26. The molecule has 2 saturated carbocycles. The van der Waals surface area contributed by atoms with Crippen LogP contribution in [0, 0.1) is 18.8 Å². The Bertz CT molecular complexity index is 422. The normalized spacial score (nSPS) is 33.1. The summed E-state index contributed by atoms with van der Waals surface area (Å²) in [5.41, 5.74) is 2.85.